The van der Waals surface area contributed by atoms with Crippen LogP contribution in [-0.4, -0.2) is 26.5 Å². The molecule has 2 rings (SSSR count). The minimum absolute atomic E-state index is 0.0165. The lowest BCUT2D eigenvalue weighted by atomic mass is 10.3. The second kappa shape index (κ2) is 7.56. The second-order valence-electron chi connectivity index (χ2n) is 4.57. The molecule has 2 aromatic rings. The van der Waals surface area contributed by atoms with Gasteiger partial charge in [0, 0.05) is 18.7 Å². The van der Waals surface area contributed by atoms with Gasteiger partial charge in [0.25, 0.3) is 5.69 Å². The SMILES string of the molecule is O=[N+]([O-])c1ccc(Cl)c(S(=O)(=O)NCCOc2ccc(F)cc2)c1. The van der Waals surface area contributed by atoms with Crippen molar-refractivity contribution >= 4 is 27.3 Å². The van der Waals surface area contributed by atoms with E-state index in [4.69, 9.17) is 16.3 Å². The summed E-state index contributed by atoms with van der Waals surface area (Å²) in [7, 11) is -4.03. The van der Waals surface area contributed by atoms with Gasteiger partial charge in [0.1, 0.15) is 23.1 Å². The van der Waals surface area contributed by atoms with E-state index < -0.39 is 20.8 Å². The molecule has 0 fully saturated rings. The molecule has 128 valence electrons. The van der Waals surface area contributed by atoms with Gasteiger partial charge in [-0.1, -0.05) is 11.6 Å². The van der Waals surface area contributed by atoms with E-state index in [0.29, 0.717) is 5.75 Å². The van der Waals surface area contributed by atoms with Crippen LogP contribution < -0.4 is 9.46 Å². The summed E-state index contributed by atoms with van der Waals surface area (Å²) >= 11 is 5.80. The first kappa shape index (κ1) is 18.1. The molecule has 0 heterocycles. The van der Waals surface area contributed by atoms with E-state index in [9.17, 15) is 22.9 Å². The zero-order chi connectivity index (χ0) is 17.7. The third-order valence-corrected chi connectivity index (χ3v) is 4.83. The highest BCUT2D eigenvalue weighted by molar-refractivity contribution is 7.89. The molecule has 0 unspecified atom stereocenters. The number of benzene rings is 2. The molecule has 0 aliphatic heterocycles. The molecular weight excluding hydrogens is 363 g/mol. The Morgan fingerprint density at radius 1 is 1.21 bits per heavy atom. The molecule has 0 radical (unpaired) electrons. The van der Waals surface area contributed by atoms with E-state index in [1.165, 1.54) is 24.3 Å². The monoisotopic (exact) mass is 374 g/mol. The Morgan fingerprint density at radius 3 is 2.50 bits per heavy atom. The fraction of sp³-hybridized carbons (Fsp3) is 0.143. The number of hydrogen-bond donors (Lipinski definition) is 1. The Balaban J connectivity index is 2.00. The van der Waals surface area contributed by atoms with Crippen molar-refractivity contribution in [2.45, 2.75) is 4.90 Å². The summed E-state index contributed by atoms with van der Waals surface area (Å²) in [5, 5.41) is 10.6. The molecule has 0 saturated heterocycles. The van der Waals surface area contributed by atoms with Gasteiger partial charge in [-0.15, -0.1) is 0 Å². The minimum Gasteiger partial charge on any atom is -0.492 e. The standard InChI is InChI=1S/C14H12ClFN2O5S/c15-13-6-3-11(18(19)20)9-14(13)24(21,22)17-7-8-23-12-4-1-10(16)2-5-12/h1-6,9,17H,7-8H2. The molecule has 0 saturated carbocycles. The summed E-state index contributed by atoms with van der Waals surface area (Å²) in [6, 6.07) is 8.36. The van der Waals surface area contributed by atoms with E-state index in [1.807, 2.05) is 0 Å². The molecule has 0 spiro atoms. The molecule has 0 aromatic heterocycles. The maximum atomic E-state index is 12.7. The van der Waals surface area contributed by atoms with Gasteiger partial charge < -0.3 is 4.74 Å². The minimum atomic E-state index is -4.03. The second-order valence-corrected chi connectivity index (χ2v) is 6.71. The molecule has 0 aliphatic carbocycles. The number of nitro groups is 1. The van der Waals surface area contributed by atoms with Gasteiger partial charge in [-0.05, 0) is 30.3 Å². The first-order chi connectivity index (χ1) is 11.3. The molecule has 10 heteroatoms. The Bertz CT molecular complexity index is 843. The Kier molecular flexibility index (Phi) is 5.71. The fourth-order valence-electron chi connectivity index (χ4n) is 1.77. The highest BCUT2D eigenvalue weighted by atomic mass is 35.5. The fourth-order valence-corrected chi connectivity index (χ4v) is 3.30. The lowest BCUT2D eigenvalue weighted by Gasteiger charge is -2.09. The van der Waals surface area contributed by atoms with Gasteiger partial charge in [-0.3, -0.25) is 10.1 Å². The van der Waals surface area contributed by atoms with Crippen molar-refractivity contribution in [2.24, 2.45) is 0 Å². The quantitative estimate of drug-likeness (QED) is 0.456. The molecular formula is C14H12ClFN2O5S. The predicted octanol–water partition coefficient (Wildman–Crippen LogP) is 2.74. The molecule has 7 nitrogen and oxygen atoms in total. The molecule has 0 bridgehead atoms. The summed E-state index contributed by atoms with van der Waals surface area (Å²) in [5.74, 6) is -0.0349. The van der Waals surface area contributed by atoms with Crippen molar-refractivity contribution in [3.05, 3.63) is 63.4 Å². The van der Waals surface area contributed by atoms with Crippen molar-refractivity contribution in [3.8, 4) is 5.75 Å². The molecule has 0 aliphatic rings. The number of hydrogen-bond acceptors (Lipinski definition) is 5. The van der Waals surface area contributed by atoms with E-state index in [2.05, 4.69) is 4.72 Å². The maximum absolute atomic E-state index is 12.7. The van der Waals surface area contributed by atoms with Crippen LogP contribution in [-0.2, 0) is 10.0 Å². The maximum Gasteiger partial charge on any atom is 0.270 e. The number of non-ortho nitro benzene ring substituents is 1. The van der Waals surface area contributed by atoms with E-state index >= 15 is 0 Å². The number of nitrogens with zero attached hydrogens (tertiary/aromatic N) is 1. The lowest BCUT2D eigenvalue weighted by molar-refractivity contribution is -0.385. The van der Waals surface area contributed by atoms with Gasteiger partial charge in [0.2, 0.25) is 10.0 Å². The third kappa shape index (κ3) is 4.63. The summed E-state index contributed by atoms with van der Waals surface area (Å²) in [6.07, 6.45) is 0. The van der Waals surface area contributed by atoms with Crippen molar-refractivity contribution in [2.75, 3.05) is 13.2 Å². The number of nitro benzene ring substituents is 1. The Labute approximate surface area is 142 Å². The number of nitrogens with one attached hydrogen (secondary N) is 1. The summed E-state index contributed by atoms with van der Waals surface area (Å²) in [6.45, 7) is -0.115. The molecule has 24 heavy (non-hydrogen) atoms. The summed E-state index contributed by atoms with van der Waals surface area (Å²) < 4.78 is 44.5. The topological polar surface area (TPSA) is 98.5 Å². The predicted molar refractivity (Wildman–Crippen MR) is 85.2 cm³/mol. The van der Waals surface area contributed by atoms with Crippen LogP contribution >= 0.6 is 11.6 Å². The van der Waals surface area contributed by atoms with Crippen molar-refractivity contribution in [1.82, 2.24) is 4.72 Å². The van der Waals surface area contributed by atoms with Crippen LogP contribution in [0.5, 0.6) is 5.75 Å². The summed E-state index contributed by atoms with van der Waals surface area (Å²) in [5.41, 5.74) is -0.387. The van der Waals surface area contributed by atoms with Gasteiger partial charge in [-0.25, -0.2) is 17.5 Å². The highest BCUT2D eigenvalue weighted by Gasteiger charge is 2.21. The van der Waals surface area contributed by atoms with E-state index in [-0.39, 0.29) is 28.8 Å². The van der Waals surface area contributed by atoms with Gasteiger partial charge in [0.05, 0.1) is 9.95 Å². The largest absolute Gasteiger partial charge is 0.492 e. The van der Waals surface area contributed by atoms with Crippen molar-refractivity contribution < 1.29 is 22.5 Å². The smallest absolute Gasteiger partial charge is 0.270 e. The number of ether oxygens (including phenoxy) is 1. The third-order valence-electron chi connectivity index (χ3n) is 2.89. The van der Waals surface area contributed by atoms with E-state index in [1.54, 1.807) is 0 Å². The zero-order valence-electron chi connectivity index (χ0n) is 12.1. The first-order valence-electron chi connectivity index (χ1n) is 6.61. The van der Waals surface area contributed by atoms with Crippen LogP contribution in [0.3, 0.4) is 0 Å². The number of sulfonamides is 1. The highest BCUT2D eigenvalue weighted by Crippen LogP contribution is 2.25. The molecule has 0 amide bonds. The average molecular weight is 375 g/mol. The van der Waals surface area contributed by atoms with Crippen molar-refractivity contribution in [1.29, 1.82) is 0 Å². The van der Waals surface area contributed by atoms with Crippen molar-refractivity contribution in [3.63, 3.8) is 0 Å². The molecule has 2 aromatic carbocycles. The van der Waals surface area contributed by atoms with Gasteiger partial charge >= 0.3 is 0 Å². The number of rotatable bonds is 7. The summed E-state index contributed by atoms with van der Waals surface area (Å²) in [4.78, 5) is 9.63. The van der Waals surface area contributed by atoms with E-state index in [0.717, 1.165) is 18.2 Å². The average Bonchev–Trinajstić information content (AvgIpc) is 2.53. The first-order valence-corrected chi connectivity index (χ1v) is 8.48. The Hall–Kier alpha value is -2.23. The van der Waals surface area contributed by atoms with Crippen LogP contribution in [0.1, 0.15) is 0 Å². The van der Waals surface area contributed by atoms with Crippen LogP contribution in [0.15, 0.2) is 47.4 Å². The van der Waals surface area contributed by atoms with Crippen LogP contribution in [0.2, 0.25) is 5.02 Å². The van der Waals surface area contributed by atoms with Crippen LogP contribution in [0, 0.1) is 15.9 Å². The normalized spacial score (nSPS) is 11.2. The Morgan fingerprint density at radius 2 is 1.88 bits per heavy atom. The van der Waals surface area contributed by atoms with Gasteiger partial charge in [0.15, 0.2) is 0 Å². The van der Waals surface area contributed by atoms with Gasteiger partial charge in [-0.2, -0.15) is 0 Å². The molecule has 0 atom stereocenters. The molecule has 1 N–H and O–H groups in total. The van der Waals surface area contributed by atoms with Crippen LogP contribution in [0.25, 0.3) is 0 Å². The van der Waals surface area contributed by atoms with Crippen LogP contribution in [0.4, 0.5) is 10.1 Å². The number of halogens is 2. The lowest BCUT2D eigenvalue weighted by Crippen LogP contribution is -2.28. The zero-order valence-corrected chi connectivity index (χ0v) is 13.7.